The van der Waals surface area contributed by atoms with Gasteiger partial charge in [-0.2, -0.15) is 13.2 Å². The summed E-state index contributed by atoms with van der Waals surface area (Å²) in [5.74, 6) is -2.37. The van der Waals surface area contributed by atoms with Crippen molar-refractivity contribution in [3.63, 3.8) is 0 Å². The van der Waals surface area contributed by atoms with Gasteiger partial charge >= 0.3 is 12.1 Å². The number of carbonyl (C=O) groups is 2. The molecule has 24 heavy (non-hydrogen) atoms. The van der Waals surface area contributed by atoms with Crippen LogP contribution in [-0.2, 0) is 4.79 Å². The maximum atomic E-state index is 13.2. The van der Waals surface area contributed by atoms with E-state index in [1.807, 2.05) is 0 Å². The molecule has 1 atom stereocenters. The van der Waals surface area contributed by atoms with Crippen molar-refractivity contribution in [3.05, 3.63) is 29.8 Å². The van der Waals surface area contributed by atoms with Crippen LogP contribution in [0.3, 0.4) is 0 Å². The summed E-state index contributed by atoms with van der Waals surface area (Å²) in [6, 6.07) is 6.23. The van der Waals surface area contributed by atoms with E-state index in [4.69, 9.17) is 9.84 Å². The molecule has 0 radical (unpaired) electrons. The zero-order valence-corrected chi connectivity index (χ0v) is 13.3. The number of halogens is 3. The fraction of sp³-hybridized carbons (Fsp3) is 0.500. The standard InChI is InChI=1S/C16H18F3NO4/c1-10(2)24-12-6-4-3-5-11(12)13(21)20-8-7-15(9-20,14(22)23)16(17,18)19/h3-6,10H,7-9H2,1-2H3,(H,22,23). The number of amides is 1. The number of aliphatic carboxylic acids is 1. The number of nitrogens with zero attached hydrogens (tertiary/aromatic N) is 1. The topological polar surface area (TPSA) is 66.8 Å². The Morgan fingerprint density at radius 2 is 1.92 bits per heavy atom. The third kappa shape index (κ3) is 3.18. The van der Waals surface area contributed by atoms with E-state index in [0.717, 1.165) is 4.90 Å². The zero-order valence-electron chi connectivity index (χ0n) is 13.3. The predicted octanol–water partition coefficient (Wildman–Crippen LogP) is 2.95. The van der Waals surface area contributed by atoms with Crippen molar-refractivity contribution in [3.8, 4) is 5.75 Å². The third-order valence-corrected chi connectivity index (χ3v) is 3.99. The number of carbonyl (C=O) groups excluding carboxylic acids is 1. The van der Waals surface area contributed by atoms with Crippen LogP contribution in [0, 0.1) is 5.41 Å². The molecule has 132 valence electrons. The van der Waals surface area contributed by atoms with Gasteiger partial charge < -0.3 is 14.7 Å². The fourth-order valence-corrected chi connectivity index (χ4v) is 2.68. The Morgan fingerprint density at radius 1 is 1.29 bits per heavy atom. The number of para-hydroxylation sites is 1. The molecule has 1 heterocycles. The molecule has 1 unspecified atom stereocenters. The number of rotatable bonds is 4. The minimum Gasteiger partial charge on any atom is -0.490 e. The molecule has 0 aliphatic carbocycles. The number of hydrogen-bond acceptors (Lipinski definition) is 3. The van der Waals surface area contributed by atoms with Gasteiger partial charge in [-0.1, -0.05) is 12.1 Å². The summed E-state index contributed by atoms with van der Waals surface area (Å²) in [7, 11) is 0. The predicted molar refractivity (Wildman–Crippen MR) is 78.9 cm³/mol. The van der Waals surface area contributed by atoms with E-state index < -0.39 is 36.4 Å². The molecule has 1 saturated heterocycles. The number of likely N-dealkylation sites (tertiary alicyclic amines) is 1. The van der Waals surface area contributed by atoms with Crippen molar-refractivity contribution >= 4 is 11.9 Å². The Balaban J connectivity index is 2.29. The van der Waals surface area contributed by atoms with Gasteiger partial charge in [0.25, 0.3) is 5.91 Å². The van der Waals surface area contributed by atoms with E-state index in [-0.39, 0.29) is 24.0 Å². The average Bonchev–Trinajstić information content (AvgIpc) is 2.93. The second-order valence-corrected chi connectivity index (χ2v) is 6.02. The normalized spacial score (nSPS) is 21.2. The van der Waals surface area contributed by atoms with Gasteiger partial charge in [0.1, 0.15) is 5.75 Å². The van der Waals surface area contributed by atoms with Gasteiger partial charge in [0.15, 0.2) is 5.41 Å². The largest absolute Gasteiger partial charge is 0.490 e. The fourth-order valence-electron chi connectivity index (χ4n) is 2.68. The molecule has 1 aromatic carbocycles. The molecule has 1 fully saturated rings. The Bertz CT molecular complexity index is 644. The summed E-state index contributed by atoms with van der Waals surface area (Å²) in [4.78, 5) is 24.7. The number of benzene rings is 1. The molecule has 2 rings (SSSR count). The van der Waals surface area contributed by atoms with E-state index in [0.29, 0.717) is 0 Å². The highest BCUT2D eigenvalue weighted by Gasteiger charge is 2.64. The third-order valence-electron chi connectivity index (χ3n) is 3.99. The van der Waals surface area contributed by atoms with E-state index in [1.54, 1.807) is 32.0 Å². The molecule has 1 aliphatic heterocycles. The minimum absolute atomic E-state index is 0.120. The first-order valence-corrected chi connectivity index (χ1v) is 7.43. The molecule has 0 aromatic heterocycles. The van der Waals surface area contributed by atoms with Crippen LogP contribution in [0.15, 0.2) is 24.3 Å². The van der Waals surface area contributed by atoms with Gasteiger partial charge in [-0.3, -0.25) is 9.59 Å². The summed E-state index contributed by atoms with van der Waals surface area (Å²) < 4.78 is 45.1. The van der Waals surface area contributed by atoms with E-state index in [1.165, 1.54) is 6.07 Å². The van der Waals surface area contributed by atoms with Gasteiger partial charge in [0.2, 0.25) is 0 Å². The molecule has 0 saturated carbocycles. The summed E-state index contributed by atoms with van der Waals surface area (Å²) in [5, 5.41) is 9.06. The van der Waals surface area contributed by atoms with E-state index in [2.05, 4.69) is 0 Å². The number of ether oxygens (including phenoxy) is 1. The van der Waals surface area contributed by atoms with Crippen molar-refractivity contribution in [2.24, 2.45) is 5.41 Å². The lowest BCUT2D eigenvalue weighted by molar-refractivity contribution is -0.227. The molecule has 1 aliphatic rings. The monoisotopic (exact) mass is 345 g/mol. The van der Waals surface area contributed by atoms with Crippen LogP contribution in [0.25, 0.3) is 0 Å². The molecule has 5 nitrogen and oxygen atoms in total. The highest BCUT2D eigenvalue weighted by Crippen LogP contribution is 2.46. The maximum absolute atomic E-state index is 13.2. The summed E-state index contributed by atoms with van der Waals surface area (Å²) in [6.07, 6.45) is -5.81. The summed E-state index contributed by atoms with van der Waals surface area (Å²) in [6.45, 7) is 2.34. The number of carboxylic acids is 1. The van der Waals surface area contributed by atoms with E-state index >= 15 is 0 Å². The quantitative estimate of drug-likeness (QED) is 0.911. The van der Waals surface area contributed by atoms with Crippen molar-refractivity contribution in [2.75, 3.05) is 13.1 Å². The van der Waals surface area contributed by atoms with Crippen LogP contribution < -0.4 is 4.74 Å². The number of hydrogen-bond donors (Lipinski definition) is 1. The lowest BCUT2D eigenvalue weighted by Crippen LogP contribution is -2.47. The lowest BCUT2D eigenvalue weighted by Gasteiger charge is -2.27. The average molecular weight is 345 g/mol. The minimum atomic E-state index is -4.93. The molecular formula is C16H18F3NO4. The van der Waals surface area contributed by atoms with Gasteiger partial charge in [0.05, 0.1) is 11.7 Å². The molecule has 1 N–H and O–H groups in total. The van der Waals surface area contributed by atoms with Crippen molar-refractivity contribution in [1.82, 2.24) is 4.90 Å². The van der Waals surface area contributed by atoms with Crippen LogP contribution in [0.5, 0.6) is 5.75 Å². The van der Waals surface area contributed by atoms with Gasteiger partial charge in [-0.05, 0) is 32.4 Å². The van der Waals surface area contributed by atoms with Crippen LogP contribution >= 0.6 is 0 Å². The van der Waals surface area contributed by atoms with E-state index in [9.17, 15) is 22.8 Å². The number of carboxylic acid groups (broad SMARTS) is 1. The first kappa shape index (κ1) is 18.1. The molecule has 8 heteroatoms. The molecule has 1 aromatic rings. The van der Waals surface area contributed by atoms with Crippen molar-refractivity contribution < 1.29 is 32.6 Å². The zero-order chi connectivity index (χ0) is 18.1. The molecular weight excluding hydrogens is 327 g/mol. The number of alkyl halides is 3. The van der Waals surface area contributed by atoms with Gasteiger partial charge in [-0.25, -0.2) is 0 Å². The Hall–Kier alpha value is -2.25. The summed E-state index contributed by atoms with van der Waals surface area (Å²) >= 11 is 0. The first-order valence-electron chi connectivity index (χ1n) is 7.43. The first-order chi connectivity index (χ1) is 11.1. The van der Waals surface area contributed by atoms with Crippen LogP contribution in [-0.4, -0.2) is 47.3 Å². The van der Waals surface area contributed by atoms with Crippen LogP contribution in [0.2, 0.25) is 0 Å². The highest BCUT2D eigenvalue weighted by molar-refractivity contribution is 5.97. The Morgan fingerprint density at radius 3 is 2.42 bits per heavy atom. The van der Waals surface area contributed by atoms with Crippen molar-refractivity contribution in [1.29, 1.82) is 0 Å². The van der Waals surface area contributed by atoms with Gasteiger partial charge in [0, 0.05) is 13.1 Å². The highest BCUT2D eigenvalue weighted by atomic mass is 19.4. The van der Waals surface area contributed by atoms with Crippen LogP contribution in [0.1, 0.15) is 30.6 Å². The second kappa shape index (κ2) is 6.33. The second-order valence-electron chi connectivity index (χ2n) is 6.02. The Kier molecular flexibility index (Phi) is 4.77. The summed E-state index contributed by atoms with van der Waals surface area (Å²) in [5.41, 5.74) is -2.80. The van der Waals surface area contributed by atoms with Gasteiger partial charge in [-0.15, -0.1) is 0 Å². The van der Waals surface area contributed by atoms with Crippen molar-refractivity contribution in [2.45, 2.75) is 32.5 Å². The van der Waals surface area contributed by atoms with Crippen LogP contribution in [0.4, 0.5) is 13.2 Å². The smallest absolute Gasteiger partial charge is 0.406 e. The maximum Gasteiger partial charge on any atom is 0.406 e. The molecule has 0 spiro atoms. The molecule has 1 amide bonds. The Labute approximate surface area is 137 Å². The SMILES string of the molecule is CC(C)Oc1ccccc1C(=O)N1CCC(C(=O)O)(C(F)(F)F)C1. The lowest BCUT2D eigenvalue weighted by atomic mass is 9.86. The molecule has 0 bridgehead atoms.